The Kier molecular flexibility index (Phi) is 6.84. The predicted octanol–water partition coefficient (Wildman–Crippen LogP) is 6.10. The lowest BCUT2D eigenvalue weighted by molar-refractivity contribution is 0.601. The first kappa shape index (κ1) is 24.8. The molecule has 2 aromatic heterocycles. The summed E-state index contributed by atoms with van der Waals surface area (Å²) >= 11 is 9.91. The Hall–Kier alpha value is -3.91. The molecule has 184 valence electrons. The number of nitriles is 1. The highest BCUT2D eigenvalue weighted by Crippen LogP contribution is 2.30. The summed E-state index contributed by atoms with van der Waals surface area (Å²) in [4.78, 5) is 4.79. The maximum absolute atomic E-state index is 12.7. The van der Waals surface area contributed by atoms with Crippen LogP contribution in [0.3, 0.4) is 0 Å². The summed E-state index contributed by atoms with van der Waals surface area (Å²) in [7, 11) is -3.77. The molecule has 0 aliphatic rings. The number of hydrogen-bond acceptors (Lipinski definition) is 6. The molecule has 11 heteroatoms. The van der Waals surface area contributed by atoms with Gasteiger partial charge in [-0.2, -0.15) is 14.9 Å². The average Bonchev–Trinajstić information content (AvgIpc) is 3.29. The first-order valence-electron chi connectivity index (χ1n) is 11.0. The number of rotatable bonds is 7. The van der Waals surface area contributed by atoms with E-state index in [1.807, 2.05) is 48.5 Å². The van der Waals surface area contributed by atoms with E-state index in [0.29, 0.717) is 34.2 Å². The SMILES string of the molecule is N#Cc1ccc(S(=O)(=O)Nc2ccc(CNc3cc(-c4ccccc4Cl)nc4c(Br)cnn34)cc2)cc1. The zero-order valence-corrected chi connectivity index (χ0v) is 22.2. The number of benzene rings is 3. The minimum atomic E-state index is -3.77. The second kappa shape index (κ2) is 10.2. The largest absolute Gasteiger partial charge is 0.366 e. The number of sulfonamides is 1. The summed E-state index contributed by atoms with van der Waals surface area (Å²) in [5.74, 6) is 0.719. The van der Waals surface area contributed by atoms with E-state index in [9.17, 15) is 8.42 Å². The number of hydrogen-bond donors (Lipinski definition) is 2. The Labute approximate surface area is 226 Å². The first-order valence-corrected chi connectivity index (χ1v) is 13.6. The fourth-order valence-electron chi connectivity index (χ4n) is 3.67. The average molecular weight is 594 g/mol. The summed E-state index contributed by atoms with van der Waals surface area (Å²) in [6, 6.07) is 24.1. The third kappa shape index (κ3) is 5.29. The summed E-state index contributed by atoms with van der Waals surface area (Å²) in [6.45, 7) is 0.460. The van der Waals surface area contributed by atoms with Gasteiger partial charge in [0.05, 0.1) is 32.9 Å². The summed E-state index contributed by atoms with van der Waals surface area (Å²) in [5.41, 5.74) is 3.90. The molecule has 0 saturated heterocycles. The van der Waals surface area contributed by atoms with Crippen LogP contribution in [-0.2, 0) is 16.6 Å². The smallest absolute Gasteiger partial charge is 0.261 e. The molecule has 3 aromatic carbocycles. The molecule has 0 saturated carbocycles. The van der Waals surface area contributed by atoms with E-state index in [1.54, 1.807) is 22.8 Å². The standard InChI is InChI=1S/C26H18BrClN6O2S/c27-22-16-31-34-25(13-24(32-26(22)34)21-3-1-2-4-23(21)28)30-15-18-5-9-19(10-6-18)33-37(35,36)20-11-7-17(14-29)8-12-20/h1-13,16,30,33H,15H2. The quantitative estimate of drug-likeness (QED) is 0.236. The molecule has 0 spiro atoms. The Balaban J connectivity index is 1.34. The molecule has 0 amide bonds. The zero-order valence-electron chi connectivity index (χ0n) is 19.1. The molecule has 0 radical (unpaired) electrons. The molecule has 2 heterocycles. The van der Waals surface area contributed by atoms with E-state index < -0.39 is 10.0 Å². The third-order valence-corrected chi connectivity index (χ3v) is 7.84. The van der Waals surface area contributed by atoms with Gasteiger partial charge < -0.3 is 5.32 Å². The highest BCUT2D eigenvalue weighted by molar-refractivity contribution is 9.10. The number of halogens is 2. The van der Waals surface area contributed by atoms with Crippen LogP contribution in [0, 0.1) is 11.3 Å². The van der Waals surface area contributed by atoms with Gasteiger partial charge in [-0.25, -0.2) is 13.4 Å². The lowest BCUT2D eigenvalue weighted by atomic mass is 10.1. The van der Waals surface area contributed by atoms with Crippen LogP contribution in [0.1, 0.15) is 11.1 Å². The molecular formula is C26H18BrClN6O2S. The van der Waals surface area contributed by atoms with Crippen LogP contribution in [0.5, 0.6) is 0 Å². The second-order valence-corrected chi connectivity index (χ2v) is 11.0. The maximum atomic E-state index is 12.7. The molecule has 0 atom stereocenters. The van der Waals surface area contributed by atoms with E-state index in [0.717, 1.165) is 21.4 Å². The van der Waals surface area contributed by atoms with E-state index in [2.05, 4.69) is 31.1 Å². The van der Waals surface area contributed by atoms with Crippen LogP contribution < -0.4 is 10.0 Å². The summed E-state index contributed by atoms with van der Waals surface area (Å²) in [5, 5.41) is 17.3. The Morgan fingerprint density at radius 1 is 1.03 bits per heavy atom. The van der Waals surface area contributed by atoms with Gasteiger partial charge in [0, 0.05) is 28.9 Å². The first-order chi connectivity index (χ1) is 17.8. The maximum Gasteiger partial charge on any atom is 0.261 e. The number of fused-ring (bicyclic) bond motifs is 1. The van der Waals surface area contributed by atoms with Crippen molar-refractivity contribution >= 4 is 54.7 Å². The van der Waals surface area contributed by atoms with Crippen molar-refractivity contribution in [1.29, 1.82) is 5.26 Å². The lowest BCUT2D eigenvalue weighted by Crippen LogP contribution is -2.13. The van der Waals surface area contributed by atoms with Gasteiger partial charge >= 0.3 is 0 Å². The van der Waals surface area contributed by atoms with Crippen LogP contribution in [-0.4, -0.2) is 23.0 Å². The molecule has 0 unspecified atom stereocenters. The van der Waals surface area contributed by atoms with Crippen molar-refractivity contribution in [1.82, 2.24) is 14.6 Å². The van der Waals surface area contributed by atoms with Gasteiger partial charge in [0.25, 0.3) is 10.0 Å². The van der Waals surface area contributed by atoms with Crippen molar-refractivity contribution in [3.8, 4) is 17.3 Å². The van der Waals surface area contributed by atoms with Crippen molar-refractivity contribution in [2.45, 2.75) is 11.4 Å². The van der Waals surface area contributed by atoms with Crippen LogP contribution in [0.4, 0.5) is 11.5 Å². The van der Waals surface area contributed by atoms with Gasteiger partial charge in [0.1, 0.15) is 5.82 Å². The van der Waals surface area contributed by atoms with Gasteiger partial charge in [0.15, 0.2) is 5.65 Å². The fourth-order valence-corrected chi connectivity index (χ4v) is 5.31. The van der Waals surface area contributed by atoms with Crippen molar-refractivity contribution in [3.05, 3.63) is 106 Å². The predicted molar refractivity (Wildman–Crippen MR) is 147 cm³/mol. The van der Waals surface area contributed by atoms with Crippen LogP contribution in [0.15, 0.2) is 94.4 Å². The van der Waals surface area contributed by atoms with Gasteiger partial charge in [-0.1, -0.05) is 41.9 Å². The Morgan fingerprint density at radius 3 is 2.46 bits per heavy atom. The number of aromatic nitrogens is 3. The van der Waals surface area contributed by atoms with Gasteiger partial charge in [-0.3, -0.25) is 4.72 Å². The van der Waals surface area contributed by atoms with E-state index in [1.165, 1.54) is 24.3 Å². The lowest BCUT2D eigenvalue weighted by Gasteiger charge is -2.12. The second-order valence-electron chi connectivity index (χ2n) is 8.03. The Morgan fingerprint density at radius 2 is 1.76 bits per heavy atom. The van der Waals surface area contributed by atoms with Gasteiger partial charge in [-0.05, 0) is 64.0 Å². The molecular weight excluding hydrogens is 576 g/mol. The topological polar surface area (TPSA) is 112 Å². The highest BCUT2D eigenvalue weighted by Gasteiger charge is 2.15. The molecule has 0 aliphatic carbocycles. The molecule has 0 aliphatic heterocycles. The highest BCUT2D eigenvalue weighted by atomic mass is 79.9. The Bertz CT molecular complexity index is 1750. The molecule has 2 N–H and O–H groups in total. The molecule has 0 fully saturated rings. The van der Waals surface area contributed by atoms with E-state index >= 15 is 0 Å². The number of nitrogens with one attached hydrogen (secondary N) is 2. The third-order valence-electron chi connectivity index (χ3n) is 5.55. The van der Waals surface area contributed by atoms with Crippen LogP contribution in [0.25, 0.3) is 16.9 Å². The minimum absolute atomic E-state index is 0.0821. The zero-order chi connectivity index (χ0) is 26.0. The van der Waals surface area contributed by atoms with Gasteiger partial charge in [-0.15, -0.1) is 0 Å². The summed E-state index contributed by atoms with van der Waals surface area (Å²) in [6.07, 6.45) is 1.68. The summed E-state index contributed by atoms with van der Waals surface area (Å²) < 4.78 is 30.3. The van der Waals surface area contributed by atoms with Crippen molar-refractivity contribution in [2.24, 2.45) is 0 Å². The van der Waals surface area contributed by atoms with Crippen molar-refractivity contribution < 1.29 is 8.42 Å². The normalized spacial score (nSPS) is 11.3. The molecule has 0 bridgehead atoms. The molecule has 8 nitrogen and oxygen atoms in total. The van der Waals surface area contributed by atoms with Crippen LogP contribution in [0.2, 0.25) is 5.02 Å². The van der Waals surface area contributed by atoms with E-state index in [-0.39, 0.29) is 4.90 Å². The fraction of sp³-hybridized carbons (Fsp3) is 0.0385. The molecule has 37 heavy (non-hydrogen) atoms. The number of anilines is 2. The van der Waals surface area contributed by atoms with E-state index in [4.69, 9.17) is 21.8 Å². The van der Waals surface area contributed by atoms with Crippen molar-refractivity contribution in [3.63, 3.8) is 0 Å². The van der Waals surface area contributed by atoms with Gasteiger partial charge in [0.2, 0.25) is 0 Å². The van der Waals surface area contributed by atoms with Crippen molar-refractivity contribution in [2.75, 3.05) is 10.0 Å². The monoisotopic (exact) mass is 592 g/mol. The van der Waals surface area contributed by atoms with Crippen LogP contribution >= 0.6 is 27.5 Å². The number of nitrogens with zero attached hydrogens (tertiary/aromatic N) is 4. The minimum Gasteiger partial charge on any atom is -0.366 e. The molecule has 5 aromatic rings. The molecule has 5 rings (SSSR count).